The average Bonchev–Trinajstić information content (AvgIpc) is 3.57. The summed E-state index contributed by atoms with van der Waals surface area (Å²) in [6.45, 7) is 1.40. The van der Waals surface area contributed by atoms with Crippen LogP contribution < -0.4 is 10.1 Å². The number of hydrogen-bond acceptors (Lipinski definition) is 9. The number of fused-ring (bicyclic) bond motifs is 5. The molecule has 0 spiro atoms. The molecule has 6 rings (SSSR count). The summed E-state index contributed by atoms with van der Waals surface area (Å²) < 4.78 is 18.4. The summed E-state index contributed by atoms with van der Waals surface area (Å²) in [5.41, 5.74) is 4.02. The van der Waals surface area contributed by atoms with Crippen LogP contribution in [0.2, 0.25) is 0 Å². The molecular formula is C22H21N7O4. The van der Waals surface area contributed by atoms with Crippen molar-refractivity contribution in [1.82, 2.24) is 29.6 Å². The van der Waals surface area contributed by atoms with E-state index in [9.17, 15) is 4.79 Å². The van der Waals surface area contributed by atoms with Crippen molar-refractivity contribution in [2.24, 2.45) is 0 Å². The largest absolute Gasteiger partial charge is 0.475 e. The Balaban J connectivity index is 1.46. The lowest BCUT2D eigenvalue weighted by Gasteiger charge is -2.25. The summed E-state index contributed by atoms with van der Waals surface area (Å²) in [5, 5.41) is 11.6. The van der Waals surface area contributed by atoms with Crippen LogP contribution in [-0.4, -0.2) is 74.5 Å². The zero-order valence-electron chi connectivity index (χ0n) is 17.8. The summed E-state index contributed by atoms with van der Waals surface area (Å²) in [6, 6.07) is 7.58. The first-order valence-electron chi connectivity index (χ1n) is 10.7. The van der Waals surface area contributed by atoms with Crippen LogP contribution in [0.25, 0.3) is 28.2 Å². The van der Waals surface area contributed by atoms with Crippen molar-refractivity contribution in [2.45, 2.75) is 18.6 Å². The molecule has 1 amide bonds. The third-order valence-electron chi connectivity index (χ3n) is 6.07. The highest BCUT2D eigenvalue weighted by Crippen LogP contribution is 2.32. The number of methoxy groups -OCH3 is 1. The maximum absolute atomic E-state index is 12.8. The van der Waals surface area contributed by atoms with Gasteiger partial charge in [0.15, 0.2) is 12.0 Å². The van der Waals surface area contributed by atoms with Gasteiger partial charge in [0.25, 0.3) is 11.8 Å². The van der Waals surface area contributed by atoms with Crippen LogP contribution in [0.1, 0.15) is 6.42 Å². The zero-order valence-corrected chi connectivity index (χ0v) is 17.8. The molecular weight excluding hydrogens is 426 g/mol. The zero-order chi connectivity index (χ0) is 22.4. The van der Waals surface area contributed by atoms with Gasteiger partial charge in [-0.1, -0.05) is 5.16 Å². The Morgan fingerprint density at radius 2 is 2.15 bits per heavy atom. The molecule has 4 bridgehead atoms. The molecule has 1 fully saturated rings. The summed E-state index contributed by atoms with van der Waals surface area (Å²) >= 11 is 0. The topological polar surface area (TPSA) is 120 Å². The first-order valence-corrected chi connectivity index (χ1v) is 10.7. The van der Waals surface area contributed by atoms with E-state index in [2.05, 4.69) is 20.6 Å². The highest BCUT2D eigenvalue weighted by Gasteiger charge is 2.39. The molecule has 33 heavy (non-hydrogen) atoms. The second kappa shape index (κ2) is 7.85. The normalized spacial score (nSPS) is 20.4. The summed E-state index contributed by atoms with van der Waals surface area (Å²) in [4.78, 5) is 23.5. The van der Waals surface area contributed by atoms with Gasteiger partial charge in [0.1, 0.15) is 12.7 Å². The maximum atomic E-state index is 12.8. The lowest BCUT2D eigenvalue weighted by atomic mass is 10.0. The summed E-state index contributed by atoms with van der Waals surface area (Å²) in [7, 11) is 1.56. The number of nitrogens with one attached hydrogen (secondary N) is 1. The standard InChI is InChI=1S/C22H21N7O4/c1-31-18-9-16-11-32-19-2-4-29-20(27-19)17(10-25-29)13-6-14(21-24-12-26-33-21)8-15(7-13)23-3-5-28(16)22(18)30/h2,4,6-8,10,12,16,18,23H,3,5,9,11H2,1H3/t16?,18-/m1/s1. The van der Waals surface area contributed by atoms with Gasteiger partial charge in [0, 0.05) is 55.7 Å². The minimum absolute atomic E-state index is 0.0261. The molecule has 2 atom stereocenters. The van der Waals surface area contributed by atoms with Crippen LogP contribution in [0, 0.1) is 0 Å². The van der Waals surface area contributed by atoms with Crippen molar-refractivity contribution in [3.8, 4) is 28.5 Å². The number of carbonyl (C=O) groups is 1. The van der Waals surface area contributed by atoms with Crippen molar-refractivity contribution < 1.29 is 18.8 Å². The van der Waals surface area contributed by atoms with Crippen molar-refractivity contribution in [1.29, 1.82) is 0 Å². The molecule has 1 unspecified atom stereocenters. The predicted octanol–water partition coefficient (Wildman–Crippen LogP) is 1.87. The fourth-order valence-corrected chi connectivity index (χ4v) is 4.44. The molecule has 2 aliphatic heterocycles. The predicted molar refractivity (Wildman–Crippen MR) is 117 cm³/mol. The fraction of sp³-hybridized carbons (Fsp3) is 0.318. The van der Waals surface area contributed by atoms with Gasteiger partial charge in [-0.15, -0.1) is 0 Å². The molecule has 11 nitrogen and oxygen atoms in total. The minimum atomic E-state index is -0.460. The average molecular weight is 447 g/mol. The number of rotatable bonds is 2. The van der Waals surface area contributed by atoms with Gasteiger partial charge in [-0.2, -0.15) is 15.1 Å². The number of aromatic nitrogens is 5. The van der Waals surface area contributed by atoms with Crippen LogP contribution in [0.15, 0.2) is 47.5 Å². The quantitative estimate of drug-likeness (QED) is 0.491. The SMILES string of the molecule is CO[C@@H]1CC2COc3ccn4ncc(c4n3)-c3cc(cc(-c4ncno4)c3)NCCN2C1=O. The van der Waals surface area contributed by atoms with Gasteiger partial charge >= 0.3 is 0 Å². The molecule has 1 N–H and O–H groups in total. The van der Waals surface area contributed by atoms with E-state index < -0.39 is 6.10 Å². The lowest BCUT2D eigenvalue weighted by molar-refractivity contribution is -0.136. The Morgan fingerprint density at radius 3 is 3.00 bits per heavy atom. The first kappa shape index (κ1) is 19.7. The van der Waals surface area contributed by atoms with E-state index in [1.807, 2.05) is 29.3 Å². The van der Waals surface area contributed by atoms with Crippen LogP contribution in [0.4, 0.5) is 5.69 Å². The number of ether oxygens (including phenoxy) is 2. The molecule has 0 saturated carbocycles. The van der Waals surface area contributed by atoms with Gasteiger partial charge in [-0.3, -0.25) is 4.79 Å². The molecule has 4 aromatic rings. The van der Waals surface area contributed by atoms with E-state index in [1.54, 1.807) is 23.9 Å². The second-order valence-corrected chi connectivity index (χ2v) is 8.02. The Bertz CT molecular complexity index is 1320. The van der Waals surface area contributed by atoms with Crippen LogP contribution in [0.3, 0.4) is 0 Å². The van der Waals surface area contributed by atoms with Crippen LogP contribution in [-0.2, 0) is 9.53 Å². The van der Waals surface area contributed by atoms with Gasteiger partial charge in [0.05, 0.1) is 12.2 Å². The Labute approximate surface area is 188 Å². The van der Waals surface area contributed by atoms with Crippen molar-refractivity contribution >= 4 is 17.2 Å². The summed E-state index contributed by atoms with van der Waals surface area (Å²) in [5.74, 6) is 0.856. The first-order chi connectivity index (χ1) is 16.2. The van der Waals surface area contributed by atoms with Crippen molar-refractivity contribution in [2.75, 3.05) is 32.1 Å². The monoisotopic (exact) mass is 447 g/mol. The van der Waals surface area contributed by atoms with Crippen LogP contribution in [0.5, 0.6) is 5.88 Å². The molecule has 11 heteroatoms. The number of nitrogens with zero attached hydrogens (tertiary/aromatic N) is 6. The second-order valence-electron chi connectivity index (χ2n) is 8.02. The molecule has 2 aliphatic rings. The van der Waals surface area contributed by atoms with E-state index in [-0.39, 0.29) is 11.9 Å². The van der Waals surface area contributed by atoms with Crippen LogP contribution >= 0.6 is 0 Å². The van der Waals surface area contributed by atoms with Gasteiger partial charge < -0.3 is 24.2 Å². The number of benzene rings is 1. The third kappa shape index (κ3) is 3.46. The number of anilines is 1. The Hall–Kier alpha value is -3.99. The Morgan fingerprint density at radius 1 is 1.24 bits per heavy atom. The fourth-order valence-electron chi connectivity index (χ4n) is 4.44. The van der Waals surface area contributed by atoms with Gasteiger partial charge in [0.2, 0.25) is 5.88 Å². The third-order valence-corrected chi connectivity index (χ3v) is 6.07. The molecule has 3 aromatic heterocycles. The molecule has 1 aromatic carbocycles. The summed E-state index contributed by atoms with van der Waals surface area (Å²) in [6.07, 6.45) is 5.07. The molecule has 1 saturated heterocycles. The minimum Gasteiger partial charge on any atom is -0.475 e. The molecule has 5 heterocycles. The lowest BCUT2D eigenvalue weighted by Crippen LogP contribution is -2.41. The van der Waals surface area contributed by atoms with E-state index >= 15 is 0 Å². The highest BCUT2D eigenvalue weighted by atomic mass is 16.5. The van der Waals surface area contributed by atoms with Crippen molar-refractivity contribution in [3.63, 3.8) is 0 Å². The van der Waals surface area contributed by atoms with E-state index in [4.69, 9.17) is 19.0 Å². The maximum Gasteiger partial charge on any atom is 0.257 e. The molecule has 0 aliphatic carbocycles. The smallest absolute Gasteiger partial charge is 0.257 e. The van der Waals surface area contributed by atoms with E-state index in [1.165, 1.54) is 6.33 Å². The number of amides is 1. The van der Waals surface area contributed by atoms with E-state index in [0.717, 1.165) is 22.4 Å². The molecule has 168 valence electrons. The van der Waals surface area contributed by atoms with Gasteiger partial charge in [-0.05, 0) is 23.8 Å². The molecule has 0 radical (unpaired) electrons. The number of carbonyl (C=O) groups excluding carboxylic acids is 1. The highest BCUT2D eigenvalue weighted by molar-refractivity contribution is 5.84. The van der Waals surface area contributed by atoms with Gasteiger partial charge in [-0.25, -0.2) is 4.52 Å². The van der Waals surface area contributed by atoms with Crippen molar-refractivity contribution in [3.05, 3.63) is 43.0 Å². The number of hydrogen-bond donors (Lipinski definition) is 1. The van der Waals surface area contributed by atoms with E-state index in [0.29, 0.717) is 43.5 Å². The Kier molecular flexibility index (Phi) is 4.68.